The van der Waals surface area contributed by atoms with Gasteiger partial charge in [-0.2, -0.15) is 0 Å². The molecule has 0 heterocycles. The number of aliphatic hydroxyl groups is 1. The molecule has 0 radical (unpaired) electrons. The molecule has 3 nitrogen and oxygen atoms in total. The Kier molecular flexibility index (Phi) is 6.11. The van der Waals surface area contributed by atoms with E-state index in [-0.39, 0.29) is 6.10 Å². The Balaban J connectivity index is 1.59. The van der Waals surface area contributed by atoms with Gasteiger partial charge in [-0.15, -0.1) is 0 Å². The standard InChI is InChI=1S/C16H31NO2/c1-3-14-8-12(2)4-7-16(14)17-9-15(18)11-19-10-13-5-6-13/h12-18H,3-11H2,1-2H3. The topological polar surface area (TPSA) is 41.5 Å². The third-order valence-electron chi connectivity index (χ3n) is 4.75. The van der Waals surface area contributed by atoms with E-state index in [0.717, 1.165) is 24.4 Å². The maximum atomic E-state index is 9.94. The van der Waals surface area contributed by atoms with Gasteiger partial charge in [0.1, 0.15) is 0 Å². The maximum Gasteiger partial charge on any atom is 0.0897 e. The van der Waals surface area contributed by atoms with Crippen molar-refractivity contribution >= 4 is 0 Å². The monoisotopic (exact) mass is 269 g/mol. The number of aliphatic hydroxyl groups excluding tert-OH is 1. The van der Waals surface area contributed by atoms with Crippen LogP contribution in [0.15, 0.2) is 0 Å². The van der Waals surface area contributed by atoms with Gasteiger partial charge in [-0.25, -0.2) is 0 Å². The molecule has 0 aromatic rings. The van der Waals surface area contributed by atoms with Crippen LogP contribution in [0.5, 0.6) is 0 Å². The lowest BCUT2D eigenvalue weighted by molar-refractivity contribution is 0.0287. The van der Waals surface area contributed by atoms with Crippen molar-refractivity contribution in [3.63, 3.8) is 0 Å². The second-order valence-corrected chi connectivity index (χ2v) is 6.74. The lowest BCUT2D eigenvalue weighted by atomic mass is 9.77. The fourth-order valence-electron chi connectivity index (χ4n) is 3.22. The van der Waals surface area contributed by atoms with Crippen LogP contribution in [0.4, 0.5) is 0 Å². The summed E-state index contributed by atoms with van der Waals surface area (Å²) in [5, 5.41) is 13.5. The first kappa shape index (κ1) is 15.3. The van der Waals surface area contributed by atoms with Gasteiger partial charge in [-0.05, 0) is 49.9 Å². The van der Waals surface area contributed by atoms with E-state index in [2.05, 4.69) is 19.2 Å². The van der Waals surface area contributed by atoms with Crippen LogP contribution in [0.2, 0.25) is 0 Å². The fourth-order valence-corrected chi connectivity index (χ4v) is 3.22. The average Bonchev–Trinajstić information content (AvgIpc) is 3.21. The molecule has 0 amide bonds. The molecule has 2 saturated carbocycles. The van der Waals surface area contributed by atoms with Crippen LogP contribution < -0.4 is 5.32 Å². The van der Waals surface area contributed by atoms with E-state index in [1.807, 2.05) is 0 Å². The fraction of sp³-hybridized carbons (Fsp3) is 1.00. The van der Waals surface area contributed by atoms with Crippen LogP contribution in [-0.2, 0) is 4.74 Å². The van der Waals surface area contributed by atoms with Crippen molar-refractivity contribution in [2.75, 3.05) is 19.8 Å². The van der Waals surface area contributed by atoms with Gasteiger partial charge in [0.05, 0.1) is 12.7 Å². The quantitative estimate of drug-likeness (QED) is 0.711. The molecule has 3 heteroatoms. The summed E-state index contributed by atoms with van der Waals surface area (Å²) in [5.74, 6) is 2.43. The van der Waals surface area contributed by atoms with Gasteiger partial charge in [0.25, 0.3) is 0 Å². The summed E-state index contributed by atoms with van der Waals surface area (Å²) in [5.41, 5.74) is 0. The van der Waals surface area contributed by atoms with Crippen LogP contribution in [0.1, 0.15) is 52.4 Å². The molecule has 112 valence electrons. The predicted molar refractivity (Wildman–Crippen MR) is 78.1 cm³/mol. The lowest BCUT2D eigenvalue weighted by Crippen LogP contribution is -2.44. The molecule has 0 spiro atoms. The number of nitrogens with one attached hydrogen (secondary N) is 1. The third kappa shape index (κ3) is 5.41. The van der Waals surface area contributed by atoms with E-state index in [0.29, 0.717) is 19.2 Å². The van der Waals surface area contributed by atoms with E-state index < -0.39 is 0 Å². The number of hydrogen-bond acceptors (Lipinski definition) is 3. The molecule has 0 bridgehead atoms. The molecule has 4 atom stereocenters. The Hall–Kier alpha value is -0.120. The van der Waals surface area contributed by atoms with E-state index in [1.165, 1.54) is 38.5 Å². The largest absolute Gasteiger partial charge is 0.389 e. The first-order chi connectivity index (χ1) is 9.19. The molecule has 2 aliphatic rings. The normalized spacial score (nSPS) is 33.3. The highest BCUT2D eigenvalue weighted by Crippen LogP contribution is 2.31. The van der Waals surface area contributed by atoms with Crippen LogP contribution >= 0.6 is 0 Å². The molecule has 0 aromatic carbocycles. The highest BCUT2D eigenvalue weighted by Gasteiger charge is 2.27. The Labute approximate surface area is 118 Å². The summed E-state index contributed by atoms with van der Waals surface area (Å²) in [6.07, 6.45) is 7.44. The average molecular weight is 269 g/mol. The van der Waals surface area contributed by atoms with Crippen molar-refractivity contribution in [2.45, 2.75) is 64.5 Å². The molecule has 2 rings (SSSR count). The summed E-state index contributed by atoms with van der Waals surface area (Å²) in [6.45, 7) is 6.66. The highest BCUT2D eigenvalue weighted by atomic mass is 16.5. The van der Waals surface area contributed by atoms with Gasteiger partial charge < -0.3 is 15.2 Å². The minimum atomic E-state index is -0.351. The molecule has 2 aliphatic carbocycles. The second-order valence-electron chi connectivity index (χ2n) is 6.74. The molecule has 4 unspecified atom stereocenters. The zero-order valence-electron chi connectivity index (χ0n) is 12.6. The van der Waals surface area contributed by atoms with Crippen LogP contribution in [0.25, 0.3) is 0 Å². The number of ether oxygens (including phenoxy) is 1. The molecule has 2 N–H and O–H groups in total. The third-order valence-corrected chi connectivity index (χ3v) is 4.75. The van der Waals surface area contributed by atoms with Crippen molar-refractivity contribution in [1.82, 2.24) is 5.32 Å². The molecule has 2 fully saturated rings. The summed E-state index contributed by atoms with van der Waals surface area (Å²) in [7, 11) is 0. The Morgan fingerprint density at radius 1 is 1.26 bits per heavy atom. The van der Waals surface area contributed by atoms with Crippen LogP contribution in [-0.4, -0.2) is 37.0 Å². The van der Waals surface area contributed by atoms with Crippen LogP contribution in [0, 0.1) is 17.8 Å². The Bertz CT molecular complexity index is 255. The zero-order valence-corrected chi connectivity index (χ0v) is 12.6. The summed E-state index contributed by atoms with van der Waals surface area (Å²) in [6, 6.07) is 0.597. The van der Waals surface area contributed by atoms with Crippen LogP contribution in [0.3, 0.4) is 0 Å². The molecule has 0 aromatic heterocycles. The highest BCUT2D eigenvalue weighted by molar-refractivity contribution is 4.83. The first-order valence-corrected chi connectivity index (χ1v) is 8.18. The molecular weight excluding hydrogens is 238 g/mol. The van der Waals surface area contributed by atoms with E-state index in [9.17, 15) is 5.11 Å². The van der Waals surface area contributed by atoms with Gasteiger partial charge >= 0.3 is 0 Å². The minimum absolute atomic E-state index is 0.351. The SMILES string of the molecule is CCC1CC(C)CCC1NCC(O)COCC1CC1. The molecule has 0 aliphatic heterocycles. The smallest absolute Gasteiger partial charge is 0.0897 e. The van der Waals surface area contributed by atoms with Crippen molar-refractivity contribution in [3.8, 4) is 0 Å². The molecular formula is C16H31NO2. The minimum Gasteiger partial charge on any atom is -0.389 e. The van der Waals surface area contributed by atoms with Gasteiger partial charge in [0, 0.05) is 19.2 Å². The van der Waals surface area contributed by atoms with Crippen molar-refractivity contribution in [1.29, 1.82) is 0 Å². The second kappa shape index (κ2) is 7.61. The van der Waals surface area contributed by atoms with E-state index in [1.54, 1.807) is 0 Å². The first-order valence-electron chi connectivity index (χ1n) is 8.18. The van der Waals surface area contributed by atoms with Gasteiger partial charge in [0.2, 0.25) is 0 Å². The maximum absolute atomic E-state index is 9.94. The van der Waals surface area contributed by atoms with Gasteiger partial charge in [-0.3, -0.25) is 0 Å². The molecule has 19 heavy (non-hydrogen) atoms. The predicted octanol–water partition coefficient (Wildman–Crippen LogP) is 2.58. The Morgan fingerprint density at radius 3 is 2.74 bits per heavy atom. The van der Waals surface area contributed by atoms with Gasteiger partial charge in [-0.1, -0.05) is 20.3 Å². The van der Waals surface area contributed by atoms with Crippen molar-refractivity contribution < 1.29 is 9.84 Å². The van der Waals surface area contributed by atoms with Crippen molar-refractivity contribution in [3.05, 3.63) is 0 Å². The zero-order chi connectivity index (χ0) is 13.7. The van der Waals surface area contributed by atoms with E-state index >= 15 is 0 Å². The summed E-state index contributed by atoms with van der Waals surface area (Å²) >= 11 is 0. The van der Waals surface area contributed by atoms with E-state index in [4.69, 9.17) is 4.74 Å². The molecule has 0 saturated heterocycles. The summed E-state index contributed by atoms with van der Waals surface area (Å²) in [4.78, 5) is 0. The Morgan fingerprint density at radius 2 is 2.05 bits per heavy atom. The lowest BCUT2D eigenvalue weighted by Gasteiger charge is -2.35. The van der Waals surface area contributed by atoms with Crippen molar-refractivity contribution in [2.24, 2.45) is 17.8 Å². The van der Waals surface area contributed by atoms with Gasteiger partial charge in [0.15, 0.2) is 0 Å². The number of hydrogen-bond donors (Lipinski definition) is 2. The number of rotatable bonds is 8. The summed E-state index contributed by atoms with van der Waals surface area (Å²) < 4.78 is 5.54.